The van der Waals surface area contributed by atoms with Crippen LogP contribution in [0.2, 0.25) is 0 Å². The van der Waals surface area contributed by atoms with Crippen LogP contribution in [0.25, 0.3) is 32.8 Å². The van der Waals surface area contributed by atoms with Gasteiger partial charge in [0, 0.05) is 16.3 Å². The van der Waals surface area contributed by atoms with Crippen LogP contribution in [0, 0.1) is 0 Å². The summed E-state index contributed by atoms with van der Waals surface area (Å²) in [6.45, 7) is 0. The summed E-state index contributed by atoms with van der Waals surface area (Å²) in [6.07, 6.45) is 0. The maximum Gasteiger partial charge on any atom is 0.136 e. The maximum atomic E-state index is 4.11. The summed E-state index contributed by atoms with van der Waals surface area (Å²) in [6, 6.07) is 12.4. The lowest BCUT2D eigenvalue weighted by atomic mass is 10.1. The van der Waals surface area contributed by atoms with E-state index in [0.717, 1.165) is 22.1 Å². The summed E-state index contributed by atoms with van der Waals surface area (Å²) in [4.78, 5) is 3.38. The van der Waals surface area contributed by atoms with Crippen LogP contribution in [-0.4, -0.2) is 20.4 Å². The number of hydrogen-bond donors (Lipinski definition) is 2. The van der Waals surface area contributed by atoms with Crippen LogP contribution in [-0.2, 0) is 0 Å². The van der Waals surface area contributed by atoms with E-state index in [0.29, 0.717) is 0 Å². The maximum absolute atomic E-state index is 4.11. The fourth-order valence-electron chi connectivity index (χ4n) is 2.23. The van der Waals surface area contributed by atoms with E-state index in [1.165, 1.54) is 10.8 Å². The molecule has 4 heteroatoms. The molecule has 2 aromatic carbocycles. The lowest BCUT2D eigenvalue weighted by Gasteiger charge is -1.90. The molecule has 0 atom stereocenters. The van der Waals surface area contributed by atoms with E-state index in [9.17, 15) is 0 Å². The van der Waals surface area contributed by atoms with E-state index in [-0.39, 0.29) is 0 Å². The fraction of sp³-hybridized carbons (Fsp3) is 0. The number of para-hydroxylation sites is 1. The molecule has 76 valence electrons. The van der Waals surface area contributed by atoms with Gasteiger partial charge >= 0.3 is 0 Å². The molecule has 0 aliphatic heterocycles. The quantitative estimate of drug-likeness (QED) is 0.466. The third-order valence-electron chi connectivity index (χ3n) is 2.98. The Morgan fingerprint density at radius 1 is 0.875 bits per heavy atom. The molecule has 4 nitrogen and oxygen atoms in total. The molecule has 0 radical (unpaired) electrons. The Morgan fingerprint density at radius 2 is 1.81 bits per heavy atom. The normalized spacial score (nSPS) is 11.8. The smallest absolute Gasteiger partial charge is 0.136 e. The first-order valence-corrected chi connectivity index (χ1v) is 5.14. The van der Waals surface area contributed by atoms with Gasteiger partial charge in [-0.1, -0.05) is 23.4 Å². The standard InChI is InChI=1S/C12H8N4/c1-2-4-9-7(3-1)8-5-6-10-12(11(8)13-9)15-16-14-10/h1-6,13H,(H,14,15,16). The van der Waals surface area contributed by atoms with Gasteiger partial charge < -0.3 is 4.98 Å². The highest BCUT2D eigenvalue weighted by atomic mass is 15.3. The van der Waals surface area contributed by atoms with E-state index >= 15 is 0 Å². The van der Waals surface area contributed by atoms with Crippen molar-refractivity contribution in [3.05, 3.63) is 36.4 Å². The Hall–Kier alpha value is -2.36. The largest absolute Gasteiger partial charge is 0.353 e. The minimum absolute atomic E-state index is 0.897. The highest BCUT2D eigenvalue weighted by Gasteiger charge is 2.08. The SMILES string of the molecule is c1ccc2c(c1)[nH]c1c2ccc2[nH]nnc21. The number of fused-ring (bicyclic) bond motifs is 5. The first kappa shape index (κ1) is 7.87. The summed E-state index contributed by atoms with van der Waals surface area (Å²) in [7, 11) is 0. The Kier molecular flexibility index (Phi) is 1.28. The number of rotatable bonds is 0. The molecule has 2 N–H and O–H groups in total. The first-order valence-electron chi connectivity index (χ1n) is 5.14. The van der Waals surface area contributed by atoms with Crippen LogP contribution in [0.4, 0.5) is 0 Å². The highest BCUT2D eigenvalue weighted by molar-refractivity contribution is 6.15. The highest BCUT2D eigenvalue weighted by Crippen LogP contribution is 2.28. The van der Waals surface area contributed by atoms with Crippen molar-refractivity contribution in [2.45, 2.75) is 0 Å². The van der Waals surface area contributed by atoms with Gasteiger partial charge in [0.1, 0.15) is 5.52 Å². The van der Waals surface area contributed by atoms with Gasteiger partial charge in [-0.3, -0.25) is 5.10 Å². The fourth-order valence-corrected chi connectivity index (χ4v) is 2.23. The molecular weight excluding hydrogens is 200 g/mol. The number of H-pyrrole nitrogens is 2. The minimum atomic E-state index is 0.897. The van der Waals surface area contributed by atoms with E-state index in [4.69, 9.17) is 0 Å². The summed E-state index contributed by atoms with van der Waals surface area (Å²) in [5.41, 5.74) is 4.04. The molecule has 2 aromatic heterocycles. The van der Waals surface area contributed by atoms with Crippen LogP contribution in [0.5, 0.6) is 0 Å². The molecule has 0 unspecified atom stereocenters. The number of benzene rings is 2. The summed E-state index contributed by atoms with van der Waals surface area (Å²) >= 11 is 0. The molecule has 0 amide bonds. The van der Waals surface area contributed by atoms with E-state index in [1.807, 2.05) is 18.2 Å². The van der Waals surface area contributed by atoms with E-state index in [1.54, 1.807) is 0 Å². The summed E-state index contributed by atoms with van der Waals surface area (Å²) < 4.78 is 0. The molecule has 0 aliphatic carbocycles. The Balaban J connectivity index is 2.38. The number of nitrogens with one attached hydrogen (secondary N) is 2. The summed E-state index contributed by atoms with van der Waals surface area (Å²) in [5, 5.41) is 13.2. The molecule has 4 rings (SSSR count). The van der Waals surface area contributed by atoms with E-state index in [2.05, 4.69) is 38.6 Å². The molecular formula is C12H8N4. The predicted molar refractivity (Wildman–Crippen MR) is 63.3 cm³/mol. The third-order valence-corrected chi connectivity index (χ3v) is 2.98. The minimum Gasteiger partial charge on any atom is -0.353 e. The summed E-state index contributed by atoms with van der Waals surface area (Å²) in [5.74, 6) is 0. The molecule has 0 aliphatic rings. The zero-order valence-electron chi connectivity index (χ0n) is 8.36. The second-order valence-electron chi connectivity index (χ2n) is 3.87. The van der Waals surface area contributed by atoms with Crippen LogP contribution in [0.3, 0.4) is 0 Å². The Bertz CT molecular complexity index is 809. The van der Waals surface area contributed by atoms with Gasteiger partial charge in [-0.15, -0.1) is 5.10 Å². The van der Waals surface area contributed by atoms with Gasteiger partial charge in [0.15, 0.2) is 0 Å². The molecule has 0 fully saturated rings. The van der Waals surface area contributed by atoms with Gasteiger partial charge in [-0.2, -0.15) is 0 Å². The predicted octanol–water partition coefficient (Wildman–Crippen LogP) is 2.59. The first-order chi connectivity index (χ1) is 7.93. The molecule has 0 saturated heterocycles. The lowest BCUT2D eigenvalue weighted by Crippen LogP contribution is -1.72. The molecule has 0 spiro atoms. The van der Waals surface area contributed by atoms with Gasteiger partial charge in [0.25, 0.3) is 0 Å². The van der Waals surface area contributed by atoms with Crippen molar-refractivity contribution in [1.29, 1.82) is 0 Å². The van der Waals surface area contributed by atoms with Crippen molar-refractivity contribution in [1.82, 2.24) is 20.4 Å². The molecule has 0 bridgehead atoms. The molecule has 16 heavy (non-hydrogen) atoms. The van der Waals surface area contributed by atoms with Crippen LogP contribution in [0.15, 0.2) is 36.4 Å². The average molecular weight is 208 g/mol. The number of aromatic amines is 2. The average Bonchev–Trinajstić information content (AvgIpc) is 2.92. The molecule has 0 saturated carbocycles. The van der Waals surface area contributed by atoms with Crippen molar-refractivity contribution in [2.24, 2.45) is 0 Å². The second kappa shape index (κ2) is 2.61. The zero-order valence-corrected chi connectivity index (χ0v) is 8.36. The van der Waals surface area contributed by atoms with Gasteiger partial charge in [-0.25, -0.2) is 0 Å². The van der Waals surface area contributed by atoms with Gasteiger partial charge in [0.05, 0.1) is 11.0 Å². The van der Waals surface area contributed by atoms with Crippen molar-refractivity contribution >= 4 is 32.8 Å². The van der Waals surface area contributed by atoms with Gasteiger partial charge in [-0.05, 0) is 18.2 Å². The number of nitrogens with zero attached hydrogens (tertiary/aromatic N) is 2. The van der Waals surface area contributed by atoms with Crippen LogP contribution >= 0.6 is 0 Å². The third kappa shape index (κ3) is 0.839. The van der Waals surface area contributed by atoms with Crippen molar-refractivity contribution in [2.75, 3.05) is 0 Å². The lowest BCUT2D eigenvalue weighted by molar-refractivity contribution is 0.960. The van der Waals surface area contributed by atoms with Crippen molar-refractivity contribution < 1.29 is 0 Å². The monoisotopic (exact) mass is 208 g/mol. The molecule has 2 heterocycles. The molecule has 4 aromatic rings. The topological polar surface area (TPSA) is 57.4 Å². The van der Waals surface area contributed by atoms with Crippen LogP contribution in [0.1, 0.15) is 0 Å². The Morgan fingerprint density at radius 3 is 2.81 bits per heavy atom. The van der Waals surface area contributed by atoms with Crippen LogP contribution < -0.4 is 0 Å². The van der Waals surface area contributed by atoms with Crippen molar-refractivity contribution in [3.8, 4) is 0 Å². The number of aromatic nitrogens is 4. The number of hydrogen-bond acceptors (Lipinski definition) is 2. The van der Waals surface area contributed by atoms with Crippen molar-refractivity contribution in [3.63, 3.8) is 0 Å². The van der Waals surface area contributed by atoms with Gasteiger partial charge in [0.2, 0.25) is 0 Å². The zero-order chi connectivity index (χ0) is 10.5. The second-order valence-corrected chi connectivity index (χ2v) is 3.87. The van der Waals surface area contributed by atoms with E-state index < -0.39 is 0 Å². The Labute approximate surface area is 90.3 Å².